The quantitative estimate of drug-likeness (QED) is 0.444. The molecule has 1 rings (SSSR count). The van der Waals surface area contributed by atoms with Gasteiger partial charge in [-0.2, -0.15) is 0 Å². The molecule has 0 saturated heterocycles. The van der Waals surface area contributed by atoms with Gasteiger partial charge in [-0.1, -0.05) is 12.1 Å². The van der Waals surface area contributed by atoms with E-state index in [1.165, 1.54) is 0 Å². The summed E-state index contributed by atoms with van der Waals surface area (Å²) in [4.78, 5) is 22.8. The van der Waals surface area contributed by atoms with Crippen LogP contribution >= 0.6 is 0 Å². The standard InChI is InChI=1S/C13H16O3/c1-4-16-13(15)8-12(14)11-6-5-9(2)10(3)7-11/h5-7H,4,8H2,1-3H3. The molecule has 0 heterocycles. The third-order valence-corrected chi connectivity index (χ3v) is 2.44. The lowest BCUT2D eigenvalue weighted by Gasteiger charge is -2.04. The zero-order valence-corrected chi connectivity index (χ0v) is 9.87. The molecule has 0 unspecified atom stereocenters. The van der Waals surface area contributed by atoms with Crippen molar-refractivity contribution in [1.29, 1.82) is 0 Å². The van der Waals surface area contributed by atoms with Gasteiger partial charge in [-0.15, -0.1) is 0 Å². The van der Waals surface area contributed by atoms with Crippen molar-refractivity contribution in [1.82, 2.24) is 0 Å². The normalized spacial score (nSPS) is 9.94. The molecule has 3 heteroatoms. The second kappa shape index (κ2) is 5.45. The van der Waals surface area contributed by atoms with E-state index in [2.05, 4.69) is 0 Å². The third-order valence-electron chi connectivity index (χ3n) is 2.44. The first kappa shape index (κ1) is 12.4. The Hall–Kier alpha value is -1.64. The first-order valence-electron chi connectivity index (χ1n) is 5.30. The Kier molecular flexibility index (Phi) is 4.23. The molecule has 0 aromatic heterocycles. The average molecular weight is 220 g/mol. The van der Waals surface area contributed by atoms with Crippen molar-refractivity contribution in [2.45, 2.75) is 27.2 Å². The van der Waals surface area contributed by atoms with Gasteiger partial charge in [-0.25, -0.2) is 0 Å². The van der Waals surface area contributed by atoms with Crippen molar-refractivity contribution in [3.63, 3.8) is 0 Å². The summed E-state index contributed by atoms with van der Waals surface area (Å²) in [5, 5.41) is 0. The summed E-state index contributed by atoms with van der Waals surface area (Å²) in [5.41, 5.74) is 2.75. The van der Waals surface area contributed by atoms with Gasteiger partial charge in [0.15, 0.2) is 5.78 Å². The summed E-state index contributed by atoms with van der Waals surface area (Å²) < 4.78 is 4.73. The van der Waals surface area contributed by atoms with Gasteiger partial charge in [-0.3, -0.25) is 9.59 Å². The maximum Gasteiger partial charge on any atom is 0.313 e. The highest BCUT2D eigenvalue weighted by Gasteiger charge is 2.12. The number of carbonyl (C=O) groups is 2. The van der Waals surface area contributed by atoms with Crippen LogP contribution in [0.2, 0.25) is 0 Å². The van der Waals surface area contributed by atoms with E-state index < -0.39 is 5.97 Å². The van der Waals surface area contributed by atoms with E-state index in [-0.39, 0.29) is 12.2 Å². The van der Waals surface area contributed by atoms with Gasteiger partial charge < -0.3 is 4.74 Å². The SMILES string of the molecule is CCOC(=O)CC(=O)c1ccc(C)c(C)c1. The Bertz CT molecular complexity index is 408. The maximum atomic E-state index is 11.7. The predicted octanol–water partition coefficient (Wildman–Crippen LogP) is 2.44. The van der Waals surface area contributed by atoms with Gasteiger partial charge >= 0.3 is 5.97 Å². The van der Waals surface area contributed by atoms with Gasteiger partial charge in [0.2, 0.25) is 0 Å². The maximum absolute atomic E-state index is 11.7. The molecule has 16 heavy (non-hydrogen) atoms. The molecule has 0 atom stereocenters. The number of carbonyl (C=O) groups excluding carboxylic acids is 2. The molecule has 0 saturated carbocycles. The van der Waals surface area contributed by atoms with Crippen LogP contribution in [0, 0.1) is 13.8 Å². The summed E-state index contributed by atoms with van der Waals surface area (Å²) in [6, 6.07) is 5.43. The lowest BCUT2D eigenvalue weighted by atomic mass is 10.0. The molecule has 0 amide bonds. The second-order valence-electron chi connectivity index (χ2n) is 3.70. The fourth-order valence-electron chi connectivity index (χ4n) is 1.36. The zero-order valence-electron chi connectivity index (χ0n) is 9.87. The minimum absolute atomic E-state index is 0.184. The van der Waals surface area contributed by atoms with E-state index in [0.29, 0.717) is 12.2 Å². The molecule has 3 nitrogen and oxygen atoms in total. The lowest BCUT2D eigenvalue weighted by Crippen LogP contribution is -2.11. The molecule has 0 fully saturated rings. The van der Waals surface area contributed by atoms with Crippen LogP contribution in [0.1, 0.15) is 34.8 Å². The summed E-state index contributed by atoms with van der Waals surface area (Å²) in [7, 11) is 0. The van der Waals surface area contributed by atoms with Crippen molar-refractivity contribution in [3.05, 3.63) is 34.9 Å². The van der Waals surface area contributed by atoms with Crippen LogP contribution in [-0.2, 0) is 9.53 Å². The highest BCUT2D eigenvalue weighted by atomic mass is 16.5. The summed E-state index contributed by atoms with van der Waals surface area (Å²) in [6.07, 6.45) is -0.184. The van der Waals surface area contributed by atoms with Gasteiger partial charge in [0, 0.05) is 5.56 Å². The molecule has 0 aliphatic rings. The number of esters is 1. The first-order chi connectivity index (χ1) is 7.54. The van der Waals surface area contributed by atoms with Gasteiger partial charge in [0.1, 0.15) is 6.42 Å². The fraction of sp³-hybridized carbons (Fsp3) is 0.385. The number of Topliss-reactive ketones (excluding diaryl/α,β-unsaturated/α-hetero) is 1. The van der Waals surface area contributed by atoms with E-state index >= 15 is 0 Å². The Morgan fingerprint density at radius 1 is 1.19 bits per heavy atom. The molecule has 1 aromatic rings. The largest absolute Gasteiger partial charge is 0.466 e. The van der Waals surface area contributed by atoms with Gasteiger partial charge in [0.05, 0.1) is 6.61 Å². The average Bonchev–Trinajstić information content (AvgIpc) is 2.22. The monoisotopic (exact) mass is 220 g/mol. The van der Waals surface area contributed by atoms with Gasteiger partial charge in [0.25, 0.3) is 0 Å². The van der Waals surface area contributed by atoms with Crippen LogP contribution in [0.25, 0.3) is 0 Å². The number of rotatable bonds is 4. The number of ether oxygens (including phenoxy) is 1. The van der Waals surface area contributed by atoms with Crippen LogP contribution in [0.15, 0.2) is 18.2 Å². The number of hydrogen-bond acceptors (Lipinski definition) is 3. The third kappa shape index (κ3) is 3.19. The van der Waals surface area contributed by atoms with Gasteiger partial charge in [-0.05, 0) is 38.0 Å². The molecule has 0 bridgehead atoms. The first-order valence-corrected chi connectivity index (χ1v) is 5.30. The Balaban J connectivity index is 2.73. The summed E-state index contributed by atoms with van der Waals surface area (Å²) in [6.45, 7) is 5.95. The molecular weight excluding hydrogens is 204 g/mol. The van der Waals surface area contributed by atoms with E-state index in [1.807, 2.05) is 19.9 Å². The van der Waals surface area contributed by atoms with Crippen LogP contribution in [-0.4, -0.2) is 18.4 Å². The van der Waals surface area contributed by atoms with E-state index in [4.69, 9.17) is 4.74 Å². The van der Waals surface area contributed by atoms with E-state index in [9.17, 15) is 9.59 Å². The number of ketones is 1. The van der Waals surface area contributed by atoms with Crippen molar-refractivity contribution < 1.29 is 14.3 Å². The zero-order chi connectivity index (χ0) is 12.1. The van der Waals surface area contributed by atoms with Crippen molar-refractivity contribution in [2.24, 2.45) is 0 Å². The number of hydrogen-bond donors (Lipinski definition) is 0. The number of aryl methyl sites for hydroxylation is 2. The molecule has 86 valence electrons. The van der Waals surface area contributed by atoms with Crippen LogP contribution < -0.4 is 0 Å². The minimum Gasteiger partial charge on any atom is -0.466 e. The molecule has 0 radical (unpaired) electrons. The molecule has 1 aromatic carbocycles. The van der Waals surface area contributed by atoms with Crippen LogP contribution in [0.3, 0.4) is 0 Å². The van der Waals surface area contributed by atoms with Crippen LogP contribution in [0.4, 0.5) is 0 Å². The summed E-state index contributed by atoms with van der Waals surface area (Å²) in [5.74, 6) is -0.660. The highest BCUT2D eigenvalue weighted by Crippen LogP contribution is 2.11. The van der Waals surface area contributed by atoms with E-state index in [0.717, 1.165) is 11.1 Å². The fourth-order valence-corrected chi connectivity index (χ4v) is 1.36. The van der Waals surface area contributed by atoms with Crippen molar-refractivity contribution in [3.8, 4) is 0 Å². The summed E-state index contributed by atoms with van der Waals surface area (Å²) >= 11 is 0. The molecule has 0 spiro atoms. The van der Waals surface area contributed by atoms with Crippen molar-refractivity contribution >= 4 is 11.8 Å². The Labute approximate surface area is 95.4 Å². The smallest absolute Gasteiger partial charge is 0.313 e. The Morgan fingerprint density at radius 2 is 1.88 bits per heavy atom. The Morgan fingerprint density at radius 3 is 2.44 bits per heavy atom. The molecule has 0 aliphatic carbocycles. The molecule has 0 aliphatic heterocycles. The topological polar surface area (TPSA) is 43.4 Å². The van der Waals surface area contributed by atoms with Crippen molar-refractivity contribution in [2.75, 3.05) is 6.61 Å². The minimum atomic E-state index is -0.467. The lowest BCUT2D eigenvalue weighted by molar-refractivity contribution is -0.141. The second-order valence-corrected chi connectivity index (χ2v) is 3.70. The highest BCUT2D eigenvalue weighted by molar-refractivity contribution is 6.06. The van der Waals surface area contributed by atoms with Crippen LogP contribution in [0.5, 0.6) is 0 Å². The predicted molar refractivity (Wildman–Crippen MR) is 61.5 cm³/mol. The van der Waals surface area contributed by atoms with E-state index in [1.54, 1.807) is 19.1 Å². The molecule has 0 N–H and O–H groups in total. The number of benzene rings is 1. The molecular formula is C13H16O3.